The molecule has 0 spiro atoms. The largest absolute Gasteiger partial charge is 0.490 e. The van der Waals surface area contributed by atoms with Gasteiger partial charge in [-0.1, -0.05) is 24.3 Å². The lowest BCUT2D eigenvalue weighted by Crippen LogP contribution is -2.34. The molecule has 0 saturated carbocycles. The van der Waals surface area contributed by atoms with Gasteiger partial charge in [0.05, 0.1) is 24.7 Å². The van der Waals surface area contributed by atoms with E-state index in [1.54, 1.807) is 7.11 Å². The summed E-state index contributed by atoms with van der Waals surface area (Å²) in [6.45, 7) is 4.75. The maximum atomic E-state index is 5.99. The number of hydrogen-bond donors (Lipinski definition) is 1. The van der Waals surface area contributed by atoms with E-state index in [9.17, 15) is 0 Å². The van der Waals surface area contributed by atoms with Crippen LogP contribution in [0.15, 0.2) is 42.7 Å². The molecular formula is C25H35N3O2. The summed E-state index contributed by atoms with van der Waals surface area (Å²) >= 11 is 0. The molecule has 162 valence electrons. The second-order valence-electron chi connectivity index (χ2n) is 8.70. The van der Waals surface area contributed by atoms with Crippen LogP contribution in [0.25, 0.3) is 0 Å². The molecule has 2 aliphatic rings. The van der Waals surface area contributed by atoms with E-state index in [1.807, 2.05) is 12.4 Å². The van der Waals surface area contributed by atoms with Crippen molar-refractivity contribution in [3.63, 3.8) is 0 Å². The van der Waals surface area contributed by atoms with Crippen LogP contribution in [-0.2, 0) is 17.8 Å². The van der Waals surface area contributed by atoms with E-state index in [0.717, 1.165) is 44.3 Å². The number of rotatable bonds is 9. The number of benzene rings is 1. The molecule has 0 unspecified atom stereocenters. The van der Waals surface area contributed by atoms with Crippen LogP contribution >= 0.6 is 0 Å². The summed E-state index contributed by atoms with van der Waals surface area (Å²) in [5.74, 6) is 1.70. The third kappa shape index (κ3) is 5.96. The fourth-order valence-electron chi connectivity index (χ4n) is 4.57. The third-order valence-electron chi connectivity index (χ3n) is 6.47. The second kappa shape index (κ2) is 10.8. The Morgan fingerprint density at radius 2 is 1.87 bits per heavy atom. The number of methoxy groups -OCH3 is 1. The predicted molar refractivity (Wildman–Crippen MR) is 121 cm³/mol. The molecule has 5 nitrogen and oxygen atoms in total. The molecule has 2 saturated heterocycles. The molecule has 0 radical (unpaired) electrons. The molecule has 5 heteroatoms. The number of anilines is 1. The highest BCUT2D eigenvalue weighted by molar-refractivity contribution is 5.48. The van der Waals surface area contributed by atoms with Crippen LogP contribution in [0.4, 0.5) is 5.69 Å². The number of hydrogen-bond acceptors (Lipinski definition) is 5. The van der Waals surface area contributed by atoms with Crippen LogP contribution in [0.1, 0.15) is 43.2 Å². The molecule has 1 aromatic carbocycles. The number of nitrogens with one attached hydrogen (secondary N) is 1. The predicted octanol–water partition coefficient (Wildman–Crippen LogP) is 4.21. The molecule has 30 heavy (non-hydrogen) atoms. The topological polar surface area (TPSA) is 46.6 Å². The number of pyridine rings is 1. The highest BCUT2D eigenvalue weighted by Gasteiger charge is 2.20. The van der Waals surface area contributed by atoms with Gasteiger partial charge < -0.3 is 19.7 Å². The minimum absolute atomic E-state index is 0.487. The minimum Gasteiger partial charge on any atom is -0.490 e. The quantitative estimate of drug-likeness (QED) is 0.672. The summed E-state index contributed by atoms with van der Waals surface area (Å²) in [7, 11) is 1.74. The van der Waals surface area contributed by atoms with E-state index in [4.69, 9.17) is 9.47 Å². The van der Waals surface area contributed by atoms with Crippen molar-refractivity contribution in [3.05, 3.63) is 53.9 Å². The van der Waals surface area contributed by atoms with Gasteiger partial charge in [-0.3, -0.25) is 4.98 Å². The molecule has 1 atom stereocenters. The highest BCUT2D eigenvalue weighted by atomic mass is 16.5. The van der Waals surface area contributed by atoms with E-state index in [0.29, 0.717) is 12.6 Å². The standard InChI is InChI=1S/C25H35N3O2/c1-29-18-22-8-6-20(7-9-22)4-5-21-10-13-28(14-11-21)24-15-25(17-26-16-24)30-19-23-3-2-12-27-23/h6-9,15-17,21,23,27H,2-5,10-14,18-19H2,1H3/t23-/m0/s1. The molecule has 2 fully saturated rings. The van der Waals surface area contributed by atoms with Gasteiger partial charge in [0, 0.05) is 32.3 Å². The van der Waals surface area contributed by atoms with Crippen molar-refractivity contribution in [1.82, 2.24) is 10.3 Å². The van der Waals surface area contributed by atoms with Crippen molar-refractivity contribution in [2.24, 2.45) is 5.92 Å². The lowest BCUT2D eigenvalue weighted by Gasteiger charge is -2.33. The van der Waals surface area contributed by atoms with E-state index >= 15 is 0 Å². The fourth-order valence-corrected chi connectivity index (χ4v) is 4.57. The number of aromatic nitrogens is 1. The number of aryl methyl sites for hydroxylation is 1. The molecule has 0 bridgehead atoms. The lowest BCUT2D eigenvalue weighted by atomic mass is 9.90. The zero-order chi connectivity index (χ0) is 20.6. The Morgan fingerprint density at radius 3 is 2.60 bits per heavy atom. The summed E-state index contributed by atoms with van der Waals surface area (Å²) in [6, 6.07) is 11.5. The van der Waals surface area contributed by atoms with Gasteiger partial charge >= 0.3 is 0 Å². The van der Waals surface area contributed by atoms with Gasteiger partial charge in [-0.15, -0.1) is 0 Å². The fraction of sp³-hybridized carbons (Fsp3) is 0.560. The summed E-state index contributed by atoms with van der Waals surface area (Å²) in [6.07, 6.45) is 11.2. The van der Waals surface area contributed by atoms with Crippen molar-refractivity contribution in [3.8, 4) is 5.75 Å². The molecular weight excluding hydrogens is 374 g/mol. The first-order valence-electron chi connectivity index (χ1n) is 11.4. The van der Waals surface area contributed by atoms with Crippen LogP contribution in [0.3, 0.4) is 0 Å². The van der Waals surface area contributed by atoms with Gasteiger partial charge in [0.2, 0.25) is 0 Å². The summed E-state index contributed by atoms with van der Waals surface area (Å²) < 4.78 is 11.2. The maximum Gasteiger partial charge on any atom is 0.139 e. The first-order chi connectivity index (χ1) is 14.8. The number of piperidine rings is 1. The van der Waals surface area contributed by atoms with Gasteiger partial charge in [-0.25, -0.2) is 0 Å². The van der Waals surface area contributed by atoms with Crippen LogP contribution in [0.2, 0.25) is 0 Å². The first kappa shape index (κ1) is 21.1. The smallest absolute Gasteiger partial charge is 0.139 e. The lowest BCUT2D eigenvalue weighted by molar-refractivity contribution is 0.185. The molecule has 2 aliphatic heterocycles. The van der Waals surface area contributed by atoms with E-state index < -0.39 is 0 Å². The van der Waals surface area contributed by atoms with Gasteiger partial charge in [-0.2, -0.15) is 0 Å². The maximum absolute atomic E-state index is 5.99. The number of nitrogens with zero attached hydrogens (tertiary/aromatic N) is 2. The molecule has 0 aliphatic carbocycles. The molecule has 2 aromatic rings. The Kier molecular flexibility index (Phi) is 7.59. The Bertz CT molecular complexity index is 766. The van der Waals surface area contributed by atoms with Gasteiger partial charge in [0.1, 0.15) is 12.4 Å². The van der Waals surface area contributed by atoms with Gasteiger partial charge in [0.15, 0.2) is 0 Å². The zero-order valence-corrected chi connectivity index (χ0v) is 18.2. The molecule has 4 rings (SSSR count). The average Bonchev–Trinajstić information content (AvgIpc) is 3.32. The SMILES string of the molecule is COCc1ccc(CCC2CCN(c3cncc(OC[C@@H]4CCCN4)c3)CC2)cc1. The van der Waals surface area contributed by atoms with E-state index in [2.05, 4.69) is 45.5 Å². The minimum atomic E-state index is 0.487. The number of ether oxygens (including phenoxy) is 2. The Morgan fingerprint density at radius 1 is 1.07 bits per heavy atom. The van der Waals surface area contributed by atoms with Crippen molar-refractivity contribution < 1.29 is 9.47 Å². The molecule has 1 N–H and O–H groups in total. The van der Waals surface area contributed by atoms with E-state index in [-0.39, 0.29) is 0 Å². The molecule has 1 aromatic heterocycles. The molecule has 3 heterocycles. The van der Waals surface area contributed by atoms with Crippen molar-refractivity contribution >= 4 is 5.69 Å². The average molecular weight is 410 g/mol. The van der Waals surface area contributed by atoms with Crippen LogP contribution in [0, 0.1) is 5.92 Å². The van der Waals surface area contributed by atoms with Gasteiger partial charge in [0.25, 0.3) is 0 Å². The van der Waals surface area contributed by atoms with Crippen LogP contribution in [0.5, 0.6) is 5.75 Å². The second-order valence-corrected chi connectivity index (χ2v) is 8.70. The first-order valence-corrected chi connectivity index (χ1v) is 11.4. The van der Waals surface area contributed by atoms with Crippen LogP contribution in [-0.4, -0.2) is 44.4 Å². The van der Waals surface area contributed by atoms with Crippen molar-refractivity contribution in [1.29, 1.82) is 0 Å². The highest BCUT2D eigenvalue weighted by Crippen LogP contribution is 2.28. The van der Waals surface area contributed by atoms with Crippen molar-refractivity contribution in [2.45, 2.75) is 51.2 Å². The Balaban J connectivity index is 1.21. The summed E-state index contributed by atoms with van der Waals surface area (Å²) in [5, 5.41) is 3.48. The summed E-state index contributed by atoms with van der Waals surface area (Å²) in [4.78, 5) is 6.89. The monoisotopic (exact) mass is 409 g/mol. The summed E-state index contributed by atoms with van der Waals surface area (Å²) in [5.41, 5.74) is 3.87. The van der Waals surface area contributed by atoms with E-state index in [1.165, 1.54) is 48.9 Å². The molecule has 0 amide bonds. The Hall–Kier alpha value is -2.11. The Labute approximate surface area is 180 Å². The normalized spacial score (nSPS) is 19.9. The third-order valence-corrected chi connectivity index (χ3v) is 6.47. The van der Waals surface area contributed by atoms with Crippen LogP contribution < -0.4 is 15.0 Å². The van der Waals surface area contributed by atoms with Crippen molar-refractivity contribution in [2.75, 3.05) is 38.3 Å². The van der Waals surface area contributed by atoms with Gasteiger partial charge in [-0.05, 0) is 62.1 Å². The zero-order valence-electron chi connectivity index (χ0n) is 18.2.